The second kappa shape index (κ2) is 9.38. The zero-order chi connectivity index (χ0) is 24.7. The Balaban J connectivity index is 1.38. The van der Waals surface area contributed by atoms with Crippen LogP contribution in [0.5, 0.6) is 0 Å². The molecule has 2 unspecified atom stereocenters. The maximum absolute atomic E-state index is 13.3. The lowest BCUT2D eigenvalue weighted by Crippen LogP contribution is -2.47. The molecule has 7 nitrogen and oxygen atoms in total. The Morgan fingerprint density at radius 1 is 1.17 bits per heavy atom. The minimum atomic E-state index is -0.310. The van der Waals surface area contributed by atoms with E-state index in [4.69, 9.17) is 16.3 Å². The van der Waals surface area contributed by atoms with Crippen molar-refractivity contribution in [3.63, 3.8) is 0 Å². The summed E-state index contributed by atoms with van der Waals surface area (Å²) in [5.74, 6) is -0.614. The van der Waals surface area contributed by atoms with Gasteiger partial charge in [-0.3, -0.25) is 14.4 Å². The number of nitrogens with one attached hydrogen (secondary N) is 2. The molecule has 2 amide bonds. The molecule has 0 saturated heterocycles. The smallest absolute Gasteiger partial charge is 0.309 e. The molecule has 0 aliphatic heterocycles. The molecule has 182 valence electrons. The van der Waals surface area contributed by atoms with Crippen LogP contribution in [0.25, 0.3) is 10.9 Å². The molecule has 0 spiro atoms. The van der Waals surface area contributed by atoms with Gasteiger partial charge in [-0.05, 0) is 61.1 Å². The number of halogens is 1. The molecule has 3 aromatic rings. The molecule has 0 bridgehead atoms. The summed E-state index contributed by atoms with van der Waals surface area (Å²) in [4.78, 5) is 43.2. The topological polar surface area (TPSA) is 91.5 Å². The van der Waals surface area contributed by atoms with E-state index in [1.165, 1.54) is 0 Å². The number of fused-ring (bicyclic) bond motifs is 2. The van der Waals surface area contributed by atoms with Gasteiger partial charge in [0.25, 0.3) is 5.91 Å². The van der Waals surface area contributed by atoms with Crippen molar-refractivity contribution in [2.24, 2.45) is 11.8 Å². The molecule has 1 aromatic heterocycles. The highest BCUT2D eigenvalue weighted by Gasteiger charge is 2.48. The molecule has 35 heavy (non-hydrogen) atoms. The van der Waals surface area contributed by atoms with Gasteiger partial charge in [-0.15, -0.1) is 0 Å². The van der Waals surface area contributed by atoms with Crippen molar-refractivity contribution in [1.82, 2.24) is 15.2 Å². The van der Waals surface area contributed by atoms with E-state index in [0.29, 0.717) is 36.7 Å². The maximum Gasteiger partial charge on any atom is 0.309 e. The number of amides is 2. The molecule has 2 aliphatic carbocycles. The standard InChI is InChI=1S/C27H28ClN3O4/c1-3-35-27(34)21-11-18(21)14-31(15(2)32)25-20-7-5-4-6-16(20)12-23(25)30-26(33)24-13-17-10-19(28)8-9-22(17)29-24/h4-10,13,18,21,23,25,29H,3,11-12,14H2,1-2H3,(H,30,33)/t18?,21-,23?,25-/m0/s1. The van der Waals surface area contributed by atoms with Gasteiger partial charge in [-0.2, -0.15) is 0 Å². The van der Waals surface area contributed by atoms with Crippen molar-refractivity contribution >= 4 is 40.3 Å². The lowest BCUT2D eigenvalue weighted by Gasteiger charge is -2.33. The number of hydrogen-bond donors (Lipinski definition) is 2. The van der Waals surface area contributed by atoms with Crippen LogP contribution in [0.4, 0.5) is 0 Å². The maximum atomic E-state index is 13.3. The zero-order valence-corrected chi connectivity index (χ0v) is 20.5. The van der Waals surface area contributed by atoms with Crippen molar-refractivity contribution < 1.29 is 19.1 Å². The van der Waals surface area contributed by atoms with Gasteiger partial charge >= 0.3 is 5.97 Å². The number of esters is 1. The van der Waals surface area contributed by atoms with E-state index >= 15 is 0 Å². The highest BCUT2D eigenvalue weighted by molar-refractivity contribution is 6.31. The minimum absolute atomic E-state index is 0.0699. The first-order chi connectivity index (χ1) is 16.9. The minimum Gasteiger partial charge on any atom is -0.466 e. The van der Waals surface area contributed by atoms with Crippen LogP contribution in [0.2, 0.25) is 5.02 Å². The summed E-state index contributed by atoms with van der Waals surface area (Å²) in [6.45, 7) is 4.14. The summed E-state index contributed by atoms with van der Waals surface area (Å²) in [6.07, 6.45) is 1.33. The molecule has 5 rings (SSSR count). The van der Waals surface area contributed by atoms with Gasteiger partial charge < -0.3 is 19.9 Å². The van der Waals surface area contributed by atoms with Crippen molar-refractivity contribution in [2.75, 3.05) is 13.2 Å². The van der Waals surface area contributed by atoms with Crippen molar-refractivity contribution in [2.45, 2.75) is 38.8 Å². The molecule has 0 radical (unpaired) electrons. The molecule has 1 fully saturated rings. The third-order valence-corrected chi connectivity index (χ3v) is 7.26. The van der Waals surface area contributed by atoms with Crippen LogP contribution in [-0.2, 0) is 20.7 Å². The first-order valence-corrected chi connectivity index (χ1v) is 12.3. The highest BCUT2D eigenvalue weighted by atomic mass is 35.5. The predicted octanol–water partition coefficient (Wildman–Crippen LogP) is 4.26. The number of aromatic amines is 1. The fraction of sp³-hybridized carbons (Fsp3) is 0.370. The van der Waals surface area contributed by atoms with E-state index in [9.17, 15) is 14.4 Å². The summed E-state index contributed by atoms with van der Waals surface area (Å²) in [7, 11) is 0. The zero-order valence-electron chi connectivity index (χ0n) is 19.7. The molecule has 2 aliphatic rings. The van der Waals surface area contributed by atoms with Crippen LogP contribution in [0.1, 0.15) is 47.9 Å². The highest BCUT2D eigenvalue weighted by Crippen LogP contribution is 2.44. The van der Waals surface area contributed by atoms with Crippen LogP contribution in [0.3, 0.4) is 0 Å². The first-order valence-electron chi connectivity index (χ1n) is 12.0. The van der Waals surface area contributed by atoms with E-state index in [1.54, 1.807) is 26.0 Å². The summed E-state index contributed by atoms with van der Waals surface area (Å²) < 4.78 is 5.16. The first kappa shape index (κ1) is 23.4. The number of nitrogens with zero attached hydrogens (tertiary/aromatic N) is 1. The third-order valence-electron chi connectivity index (χ3n) is 7.02. The summed E-state index contributed by atoms with van der Waals surface area (Å²) >= 11 is 6.09. The second-order valence-electron chi connectivity index (χ2n) is 9.37. The Kier molecular flexibility index (Phi) is 6.28. The SMILES string of the molecule is CCOC(=O)[C@H]1CC1CN(C(C)=O)[C@H]1c2ccccc2CC1NC(=O)c1cc2cc(Cl)ccc2[nH]1. The largest absolute Gasteiger partial charge is 0.466 e. The number of ether oxygens (including phenoxy) is 1. The Labute approximate surface area is 208 Å². The lowest BCUT2D eigenvalue weighted by molar-refractivity contribution is -0.145. The third kappa shape index (κ3) is 4.65. The Morgan fingerprint density at radius 2 is 1.97 bits per heavy atom. The van der Waals surface area contributed by atoms with Gasteiger partial charge in [0.05, 0.1) is 24.6 Å². The van der Waals surface area contributed by atoms with Gasteiger partial charge in [-0.1, -0.05) is 35.9 Å². The van der Waals surface area contributed by atoms with Crippen LogP contribution >= 0.6 is 11.6 Å². The molecular weight excluding hydrogens is 466 g/mol. The van der Waals surface area contributed by atoms with E-state index in [0.717, 1.165) is 22.0 Å². The second-order valence-corrected chi connectivity index (χ2v) is 9.80. The Morgan fingerprint density at radius 3 is 2.74 bits per heavy atom. The average Bonchev–Trinajstić information content (AvgIpc) is 3.33. The van der Waals surface area contributed by atoms with Crippen molar-refractivity contribution in [3.8, 4) is 0 Å². The molecule has 4 atom stereocenters. The summed E-state index contributed by atoms with van der Waals surface area (Å²) in [5, 5.41) is 4.63. The van der Waals surface area contributed by atoms with Gasteiger partial charge in [0.1, 0.15) is 5.69 Å². The molecule has 1 saturated carbocycles. The van der Waals surface area contributed by atoms with E-state index in [1.807, 2.05) is 41.3 Å². The van der Waals surface area contributed by atoms with Gasteiger partial charge in [0, 0.05) is 29.4 Å². The molecule has 2 N–H and O–H groups in total. The Hall–Kier alpha value is -3.32. The predicted molar refractivity (Wildman–Crippen MR) is 133 cm³/mol. The van der Waals surface area contributed by atoms with E-state index < -0.39 is 0 Å². The molecule has 1 heterocycles. The number of benzene rings is 2. The van der Waals surface area contributed by atoms with E-state index in [2.05, 4.69) is 10.3 Å². The Bertz CT molecular complexity index is 1300. The number of aromatic nitrogens is 1. The van der Waals surface area contributed by atoms with Gasteiger partial charge in [0.2, 0.25) is 5.91 Å². The fourth-order valence-electron chi connectivity index (χ4n) is 5.24. The quantitative estimate of drug-likeness (QED) is 0.481. The molecule has 2 aromatic carbocycles. The summed E-state index contributed by atoms with van der Waals surface area (Å²) in [5.41, 5.74) is 3.41. The van der Waals surface area contributed by atoms with E-state index in [-0.39, 0.29) is 41.7 Å². The number of H-pyrrole nitrogens is 1. The van der Waals surface area contributed by atoms with Crippen LogP contribution < -0.4 is 5.32 Å². The fourth-order valence-corrected chi connectivity index (χ4v) is 5.42. The van der Waals surface area contributed by atoms with Gasteiger partial charge in [0.15, 0.2) is 0 Å². The summed E-state index contributed by atoms with van der Waals surface area (Å²) in [6, 6.07) is 14.6. The lowest BCUT2D eigenvalue weighted by atomic mass is 10.0. The van der Waals surface area contributed by atoms with Gasteiger partial charge in [-0.25, -0.2) is 0 Å². The number of rotatable bonds is 7. The number of hydrogen-bond acceptors (Lipinski definition) is 4. The van der Waals surface area contributed by atoms with Crippen molar-refractivity contribution in [1.29, 1.82) is 0 Å². The number of carbonyl (C=O) groups excluding carboxylic acids is 3. The van der Waals surface area contributed by atoms with Crippen LogP contribution in [0.15, 0.2) is 48.5 Å². The average molecular weight is 494 g/mol. The van der Waals surface area contributed by atoms with Crippen molar-refractivity contribution in [3.05, 3.63) is 70.4 Å². The normalized spacial score (nSPS) is 22.5. The molecular formula is C27H28ClN3O4. The van der Waals surface area contributed by atoms with Crippen LogP contribution in [-0.4, -0.2) is 46.9 Å². The van der Waals surface area contributed by atoms with Crippen LogP contribution in [0, 0.1) is 11.8 Å². The molecule has 8 heteroatoms. The monoisotopic (exact) mass is 493 g/mol. The number of carbonyl (C=O) groups is 3.